The highest BCUT2D eigenvalue weighted by atomic mass is 16.5. The second kappa shape index (κ2) is 6.78. The van der Waals surface area contributed by atoms with Crippen molar-refractivity contribution in [1.29, 1.82) is 0 Å². The van der Waals surface area contributed by atoms with Gasteiger partial charge in [0.05, 0.1) is 6.61 Å². The summed E-state index contributed by atoms with van der Waals surface area (Å²) in [5.41, 5.74) is 0.444. The largest absolute Gasteiger partial charge is 0.494 e. The van der Waals surface area contributed by atoms with Gasteiger partial charge in [-0.15, -0.1) is 0 Å². The van der Waals surface area contributed by atoms with E-state index >= 15 is 0 Å². The third kappa shape index (κ3) is 3.98. The second-order valence-electron chi connectivity index (χ2n) is 4.30. The highest BCUT2D eigenvalue weighted by molar-refractivity contribution is 5.96. The predicted octanol–water partition coefficient (Wildman–Crippen LogP) is 2.02. The van der Waals surface area contributed by atoms with E-state index in [-0.39, 0.29) is 5.91 Å². The molecule has 1 rings (SSSR count). The summed E-state index contributed by atoms with van der Waals surface area (Å²) in [6, 6.07) is 5.84. The molecule has 1 atom stereocenters. The molecule has 0 radical (unpaired) electrons. The maximum Gasteiger partial charge on any atom is 0.326 e. The van der Waals surface area contributed by atoms with Crippen LogP contribution in [0.1, 0.15) is 30.6 Å². The van der Waals surface area contributed by atoms with Crippen molar-refractivity contribution in [2.45, 2.75) is 26.3 Å². The Bertz CT molecular complexity index is 441. The van der Waals surface area contributed by atoms with E-state index in [0.29, 0.717) is 17.9 Å². The van der Waals surface area contributed by atoms with Crippen LogP contribution in [0.3, 0.4) is 0 Å². The fourth-order valence-electron chi connectivity index (χ4n) is 1.46. The van der Waals surface area contributed by atoms with Crippen LogP contribution in [-0.4, -0.2) is 41.6 Å². The number of aliphatic carboxylic acids is 1. The number of hydrogen-bond donors (Lipinski definition) is 1. The van der Waals surface area contributed by atoms with E-state index in [4.69, 9.17) is 9.84 Å². The van der Waals surface area contributed by atoms with E-state index in [0.717, 1.165) is 6.42 Å². The van der Waals surface area contributed by atoms with Gasteiger partial charge >= 0.3 is 5.97 Å². The molecule has 5 heteroatoms. The van der Waals surface area contributed by atoms with Crippen molar-refractivity contribution in [3.63, 3.8) is 0 Å². The topological polar surface area (TPSA) is 66.8 Å². The zero-order chi connectivity index (χ0) is 14.4. The van der Waals surface area contributed by atoms with Crippen LogP contribution in [-0.2, 0) is 4.79 Å². The third-order valence-electron chi connectivity index (χ3n) is 2.83. The summed E-state index contributed by atoms with van der Waals surface area (Å²) in [7, 11) is 1.47. The van der Waals surface area contributed by atoms with Crippen molar-refractivity contribution < 1.29 is 19.4 Å². The monoisotopic (exact) mass is 265 g/mol. The zero-order valence-electron chi connectivity index (χ0n) is 11.4. The summed E-state index contributed by atoms with van der Waals surface area (Å²) < 4.78 is 5.42. The maximum absolute atomic E-state index is 12.0. The van der Waals surface area contributed by atoms with Crippen LogP contribution in [0.4, 0.5) is 0 Å². The van der Waals surface area contributed by atoms with Gasteiger partial charge in [-0.1, -0.05) is 6.92 Å². The van der Waals surface area contributed by atoms with Gasteiger partial charge in [0, 0.05) is 12.6 Å². The van der Waals surface area contributed by atoms with Crippen LogP contribution in [0.25, 0.3) is 0 Å². The lowest BCUT2D eigenvalue weighted by Gasteiger charge is -2.21. The molecule has 1 aromatic rings. The van der Waals surface area contributed by atoms with Crippen LogP contribution >= 0.6 is 0 Å². The average molecular weight is 265 g/mol. The van der Waals surface area contributed by atoms with Crippen LogP contribution < -0.4 is 4.74 Å². The fraction of sp³-hybridized carbons (Fsp3) is 0.429. The smallest absolute Gasteiger partial charge is 0.326 e. The fourth-order valence-corrected chi connectivity index (χ4v) is 1.46. The average Bonchev–Trinajstić information content (AvgIpc) is 2.43. The van der Waals surface area contributed by atoms with E-state index in [1.807, 2.05) is 6.92 Å². The predicted molar refractivity (Wildman–Crippen MR) is 71.4 cm³/mol. The highest BCUT2D eigenvalue weighted by Gasteiger charge is 2.22. The molecule has 0 saturated heterocycles. The molecule has 0 fully saturated rings. The normalized spacial score (nSPS) is 11.7. The molecule has 0 aromatic heterocycles. The number of benzene rings is 1. The number of hydrogen-bond acceptors (Lipinski definition) is 3. The van der Waals surface area contributed by atoms with Crippen molar-refractivity contribution in [3.8, 4) is 5.75 Å². The van der Waals surface area contributed by atoms with E-state index in [2.05, 4.69) is 0 Å². The molecule has 0 aliphatic rings. The molecule has 1 amide bonds. The van der Waals surface area contributed by atoms with Crippen molar-refractivity contribution in [1.82, 2.24) is 4.90 Å². The lowest BCUT2D eigenvalue weighted by molar-refractivity contribution is -0.141. The zero-order valence-corrected chi connectivity index (χ0v) is 11.4. The molecule has 0 aliphatic heterocycles. The number of carboxylic acids is 1. The molecule has 0 bridgehead atoms. The lowest BCUT2D eigenvalue weighted by Crippen LogP contribution is -2.40. The Kier molecular flexibility index (Phi) is 5.36. The molecule has 1 unspecified atom stereocenters. The number of rotatable bonds is 6. The molecule has 0 saturated carbocycles. The van der Waals surface area contributed by atoms with E-state index in [1.54, 1.807) is 24.3 Å². The van der Waals surface area contributed by atoms with E-state index in [9.17, 15) is 9.59 Å². The first-order valence-corrected chi connectivity index (χ1v) is 6.20. The minimum atomic E-state index is -1.03. The first-order valence-electron chi connectivity index (χ1n) is 6.20. The standard InChI is InChI=1S/C14H19NO4/c1-4-9-19-12-7-5-11(6-8-12)13(16)15(3)10(2)14(17)18/h5-8,10H,4,9H2,1-3H3,(H,17,18). The van der Waals surface area contributed by atoms with Gasteiger partial charge < -0.3 is 14.7 Å². The van der Waals surface area contributed by atoms with Crippen molar-refractivity contribution in [2.24, 2.45) is 0 Å². The Labute approximate surface area is 112 Å². The van der Waals surface area contributed by atoms with Crippen molar-refractivity contribution in [2.75, 3.05) is 13.7 Å². The SMILES string of the molecule is CCCOc1ccc(C(=O)N(C)C(C)C(=O)O)cc1. The van der Waals surface area contributed by atoms with Gasteiger partial charge in [0.15, 0.2) is 0 Å². The van der Waals surface area contributed by atoms with Gasteiger partial charge in [-0.2, -0.15) is 0 Å². The number of carboxylic acid groups (broad SMARTS) is 1. The van der Waals surface area contributed by atoms with Gasteiger partial charge in [0.1, 0.15) is 11.8 Å². The summed E-state index contributed by atoms with van der Waals surface area (Å²) in [6.45, 7) is 4.11. The molecule has 1 aromatic carbocycles. The lowest BCUT2D eigenvalue weighted by atomic mass is 10.1. The molecular formula is C14H19NO4. The Morgan fingerprint density at radius 3 is 2.37 bits per heavy atom. The van der Waals surface area contributed by atoms with Gasteiger partial charge in [0.2, 0.25) is 0 Å². The second-order valence-corrected chi connectivity index (χ2v) is 4.30. The van der Waals surface area contributed by atoms with Crippen molar-refractivity contribution in [3.05, 3.63) is 29.8 Å². The Balaban J connectivity index is 2.75. The summed E-state index contributed by atoms with van der Waals surface area (Å²) in [6.07, 6.45) is 0.916. The molecule has 0 spiro atoms. The van der Waals surface area contributed by atoms with Gasteiger partial charge in [-0.25, -0.2) is 4.79 Å². The molecule has 104 valence electrons. The summed E-state index contributed by atoms with van der Waals surface area (Å²) >= 11 is 0. The van der Waals surface area contributed by atoms with Gasteiger partial charge in [0.25, 0.3) is 5.91 Å². The third-order valence-corrected chi connectivity index (χ3v) is 2.83. The highest BCUT2D eigenvalue weighted by Crippen LogP contribution is 2.14. The molecule has 0 heterocycles. The molecule has 19 heavy (non-hydrogen) atoms. The maximum atomic E-state index is 12.0. The molecule has 5 nitrogen and oxygen atoms in total. The van der Waals surface area contributed by atoms with Crippen LogP contribution in [0.5, 0.6) is 5.75 Å². The van der Waals surface area contributed by atoms with Crippen LogP contribution in [0, 0.1) is 0 Å². The molecule has 0 aliphatic carbocycles. The number of carbonyl (C=O) groups excluding carboxylic acids is 1. The Morgan fingerprint density at radius 2 is 1.89 bits per heavy atom. The Hall–Kier alpha value is -2.04. The van der Waals surface area contributed by atoms with Crippen LogP contribution in [0.2, 0.25) is 0 Å². The summed E-state index contributed by atoms with van der Waals surface area (Å²) in [5, 5.41) is 8.88. The molecule has 1 N–H and O–H groups in total. The summed E-state index contributed by atoms with van der Waals surface area (Å²) in [5.74, 6) is -0.650. The first-order chi connectivity index (χ1) is 8.97. The number of ether oxygens (including phenoxy) is 1. The minimum absolute atomic E-state index is 0.322. The Morgan fingerprint density at radius 1 is 1.32 bits per heavy atom. The quantitative estimate of drug-likeness (QED) is 0.854. The number of nitrogens with zero attached hydrogens (tertiary/aromatic N) is 1. The van der Waals surface area contributed by atoms with Crippen LogP contribution in [0.15, 0.2) is 24.3 Å². The minimum Gasteiger partial charge on any atom is -0.494 e. The van der Waals surface area contributed by atoms with Crippen molar-refractivity contribution >= 4 is 11.9 Å². The van der Waals surface area contributed by atoms with E-state index < -0.39 is 12.0 Å². The number of amides is 1. The first kappa shape index (κ1) is 15.0. The summed E-state index contributed by atoms with van der Waals surface area (Å²) in [4.78, 5) is 24.1. The number of carbonyl (C=O) groups is 2. The van der Waals surface area contributed by atoms with E-state index in [1.165, 1.54) is 18.9 Å². The molecular weight excluding hydrogens is 246 g/mol. The van der Waals surface area contributed by atoms with Gasteiger partial charge in [-0.3, -0.25) is 4.79 Å². The van der Waals surface area contributed by atoms with Gasteiger partial charge in [-0.05, 0) is 37.6 Å². The number of likely N-dealkylation sites (N-methyl/N-ethyl adjacent to an activating group) is 1.